The van der Waals surface area contributed by atoms with Gasteiger partial charge in [0.2, 0.25) is 0 Å². The molecule has 3 N–H and O–H groups in total. The third-order valence-electron chi connectivity index (χ3n) is 2.26. The lowest BCUT2D eigenvalue weighted by Crippen LogP contribution is -2.11. The van der Waals surface area contributed by atoms with Crippen molar-refractivity contribution in [3.63, 3.8) is 0 Å². The largest absolute Gasteiger partial charge is 0.507 e. The molecule has 0 aliphatic carbocycles. The molecule has 0 radical (unpaired) electrons. The summed E-state index contributed by atoms with van der Waals surface area (Å²) in [5, 5.41) is 9.87. The van der Waals surface area contributed by atoms with Crippen molar-refractivity contribution in [1.29, 1.82) is 0 Å². The summed E-state index contributed by atoms with van der Waals surface area (Å²) in [6, 6.07) is 3.53. The van der Waals surface area contributed by atoms with E-state index in [0.717, 1.165) is 21.2 Å². The summed E-state index contributed by atoms with van der Waals surface area (Å²) in [5.41, 5.74) is 8.60. The first-order valence-corrected chi connectivity index (χ1v) is 5.60. The molecule has 3 heteroatoms. The fraction of sp³-hybridized carbons (Fsp3) is 0.333. The minimum atomic E-state index is -0.196. The fourth-order valence-corrected chi connectivity index (χ4v) is 2.12. The van der Waals surface area contributed by atoms with Gasteiger partial charge in [0.15, 0.2) is 0 Å². The Morgan fingerprint density at radius 3 is 2.73 bits per heavy atom. The lowest BCUT2D eigenvalue weighted by molar-refractivity contribution is 0.456. The average molecular weight is 270 g/mol. The molecule has 0 spiro atoms. The Balaban J connectivity index is 3.07. The molecule has 1 aromatic rings. The summed E-state index contributed by atoms with van der Waals surface area (Å²) in [6.07, 6.45) is 0.684. The van der Waals surface area contributed by atoms with Crippen LogP contribution >= 0.6 is 15.9 Å². The summed E-state index contributed by atoms with van der Waals surface area (Å²) < 4.78 is 0.935. The Hall–Kier alpha value is -0.800. The second-order valence-corrected chi connectivity index (χ2v) is 4.84. The highest BCUT2D eigenvalue weighted by molar-refractivity contribution is 9.10. The van der Waals surface area contributed by atoms with Crippen molar-refractivity contribution >= 4 is 15.9 Å². The maximum atomic E-state index is 9.87. The first-order chi connectivity index (χ1) is 6.91. The molecule has 1 rings (SSSR count). The summed E-state index contributed by atoms with van der Waals surface area (Å²) in [5.74, 6) is 0.284. The van der Waals surface area contributed by atoms with E-state index < -0.39 is 0 Å². The Labute approximate surface area is 98.9 Å². The van der Waals surface area contributed by atoms with Crippen LogP contribution in [-0.2, 0) is 0 Å². The predicted octanol–water partition coefficient (Wildman–Crippen LogP) is 3.43. The zero-order valence-corrected chi connectivity index (χ0v) is 10.6. The van der Waals surface area contributed by atoms with E-state index in [2.05, 4.69) is 22.5 Å². The lowest BCUT2D eigenvalue weighted by atomic mass is 9.98. The van der Waals surface area contributed by atoms with E-state index in [4.69, 9.17) is 5.73 Å². The van der Waals surface area contributed by atoms with Crippen LogP contribution in [0.3, 0.4) is 0 Å². The topological polar surface area (TPSA) is 46.2 Å². The number of nitrogens with two attached hydrogens (primary N) is 1. The molecule has 82 valence electrons. The van der Waals surface area contributed by atoms with Crippen molar-refractivity contribution in [3.05, 3.63) is 39.9 Å². The molecular weight excluding hydrogens is 254 g/mol. The number of aromatic hydroxyl groups is 1. The molecular formula is C12H16BrNO. The molecule has 0 aromatic heterocycles. The third kappa shape index (κ3) is 3.08. The summed E-state index contributed by atoms with van der Waals surface area (Å²) in [4.78, 5) is 0. The van der Waals surface area contributed by atoms with Crippen LogP contribution in [0.2, 0.25) is 0 Å². The Morgan fingerprint density at radius 1 is 1.60 bits per heavy atom. The van der Waals surface area contributed by atoms with Gasteiger partial charge in [-0.25, -0.2) is 0 Å². The maximum Gasteiger partial charge on any atom is 0.123 e. The van der Waals surface area contributed by atoms with Crippen molar-refractivity contribution in [2.24, 2.45) is 5.73 Å². The molecule has 2 nitrogen and oxygen atoms in total. The minimum Gasteiger partial charge on any atom is -0.507 e. The van der Waals surface area contributed by atoms with Gasteiger partial charge in [0.05, 0.1) is 0 Å². The molecule has 0 unspecified atom stereocenters. The monoisotopic (exact) mass is 269 g/mol. The molecule has 0 bridgehead atoms. The number of aryl methyl sites for hydroxylation is 1. The minimum absolute atomic E-state index is 0.196. The van der Waals surface area contributed by atoms with Crippen LogP contribution in [0.5, 0.6) is 5.75 Å². The van der Waals surface area contributed by atoms with Crippen LogP contribution in [-0.4, -0.2) is 5.11 Å². The number of rotatable bonds is 3. The molecule has 0 aliphatic rings. The van der Waals surface area contributed by atoms with Gasteiger partial charge in [-0.1, -0.05) is 21.5 Å². The van der Waals surface area contributed by atoms with E-state index in [1.54, 1.807) is 0 Å². The predicted molar refractivity (Wildman–Crippen MR) is 66.9 cm³/mol. The maximum absolute atomic E-state index is 9.87. The van der Waals surface area contributed by atoms with Crippen molar-refractivity contribution in [2.45, 2.75) is 26.3 Å². The molecule has 1 aromatic carbocycles. The van der Waals surface area contributed by atoms with Crippen LogP contribution in [0.15, 0.2) is 28.8 Å². The molecule has 1 atom stereocenters. The van der Waals surface area contributed by atoms with Crippen molar-refractivity contribution in [2.75, 3.05) is 0 Å². The molecule has 0 heterocycles. The zero-order chi connectivity index (χ0) is 11.6. The number of halogens is 1. The van der Waals surface area contributed by atoms with E-state index in [0.29, 0.717) is 6.42 Å². The fourth-order valence-electron chi connectivity index (χ4n) is 1.53. The Bertz CT molecular complexity index is 387. The van der Waals surface area contributed by atoms with Crippen molar-refractivity contribution in [1.82, 2.24) is 0 Å². The number of phenols is 1. The molecule has 15 heavy (non-hydrogen) atoms. The van der Waals surface area contributed by atoms with E-state index in [-0.39, 0.29) is 11.8 Å². The second kappa shape index (κ2) is 4.81. The van der Waals surface area contributed by atoms with Crippen LogP contribution in [0.4, 0.5) is 0 Å². The first kappa shape index (κ1) is 12.3. The molecule has 0 amide bonds. The quantitative estimate of drug-likeness (QED) is 0.826. The van der Waals surface area contributed by atoms with Gasteiger partial charge in [0.1, 0.15) is 5.75 Å². The molecule has 0 saturated heterocycles. The SMILES string of the molecule is C=C(C)C[C@H](N)c1cc(Br)cc(C)c1O. The number of phenolic OH excluding ortho intramolecular Hbond substituents is 1. The Kier molecular flexibility index (Phi) is 3.94. The number of hydrogen-bond acceptors (Lipinski definition) is 2. The number of hydrogen-bond donors (Lipinski definition) is 2. The molecule has 0 saturated carbocycles. The van der Waals surface area contributed by atoms with E-state index in [1.165, 1.54) is 0 Å². The molecule has 0 fully saturated rings. The molecule has 0 aliphatic heterocycles. The highest BCUT2D eigenvalue weighted by Crippen LogP contribution is 2.32. The van der Waals surface area contributed by atoms with Crippen LogP contribution < -0.4 is 5.73 Å². The van der Waals surface area contributed by atoms with Gasteiger partial charge < -0.3 is 10.8 Å². The van der Waals surface area contributed by atoms with Crippen LogP contribution in [0, 0.1) is 6.92 Å². The zero-order valence-electron chi connectivity index (χ0n) is 9.05. The van der Waals surface area contributed by atoms with Crippen molar-refractivity contribution in [3.8, 4) is 5.75 Å². The summed E-state index contributed by atoms with van der Waals surface area (Å²) >= 11 is 3.39. The average Bonchev–Trinajstić information content (AvgIpc) is 2.09. The van der Waals surface area contributed by atoms with Gasteiger partial charge in [-0.05, 0) is 38.0 Å². The van der Waals surface area contributed by atoms with Gasteiger partial charge in [-0.2, -0.15) is 0 Å². The van der Waals surface area contributed by atoms with Gasteiger partial charge >= 0.3 is 0 Å². The van der Waals surface area contributed by atoms with Crippen molar-refractivity contribution < 1.29 is 5.11 Å². The highest BCUT2D eigenvalue weighted by Gasteiger charge is 2.13. The first-order valence-electron chi connectivity index (χ1n) is 4.80. The van der Waals surface area contributed by atoms with Gasteiger partial charge in [0.25, 0.3) is 0 Å². The second-order valence-electron chi connectivity index (χ2n) is 3.93. The van der Waals surface area contributed by atoms with E-state index >= 15 is 0 Å². The Morgan fingerprint density at radius 2 is 2.20 bits per heavy atom. The van der Waals surface area contributed by atoms with E-state index in [9.17, 15) is 5.11 Å². The number of benzene rings is 1. The van der Waals surface area contributed by atoms with Gasteiger partial charge in [0, 0.05) is 16.1 Å². The van der Waals surface area contributed by atoms with E-state index in [1.807, 2.05) is 26.0 Å². The van der Waals surface area contributed by atoms with Crippen LogP contribution in [0.25, 0.3) is 0 Å². The third-order valence-corrected chi connectivity index (χ3v) is 2.72. The highest BCUT2D eigenvalue weighted by atomic mass is 79.9. The smallest absolute Gasteiger partial charge is 0.123 e. The standard InChI is InChI=1S/C12H16BrNO/c1-7(2)4-11(14)10-6-9(13)5-8(3)12(10)15/h5-6,11,15H,1,4,14H2,2-3H3/t11-/m0/s1. The normalized spacial score (nSPS) is 12.5. The van der Waals surface area contributed by atoms with Gasteiger partial charge in [-0.15, -0.1) is 6.58 Å². The summed E-state index contributed by atoms with van der Waals surface area (Å²) in [6.45, 7) is 7.61. The van der Waals surface area contributed by atoms with Gasteiger partial charge in [-0.3, -0.25) is 0 Å². The van der Waals surface area contributed by atoms with Crippen LogP contribution in [0.1, 0.15) is 30.5 Å². The lowest BCUT2D eigenvalue weighted by Gasteiger charge is -2.15. The summed E-state index contributed by atoms with van der Waals surface area (Å²) in [7, 11) is 0.